The summed E-state index contributed by atoms with van der Waals surface area (Å²) in [7, 11) is 0. The van der Waals surface area contributed by atoms with Crippen LogP contribution in [0.15, 0.2) is 58.7 Å². The second kappa shape index (κ2) is 9.69. The van der Waals surface area contributed by atoms with Gasteiger partial charge in [0, 0.05) is 0 Å². The fourth-order valence-corrected chi connectivity index (χ4v) is 4.32. The van der Waals surface area contributed by atoms with Crippen LogP contribution in [0.5, 0.6) is 0 Å². The van der Waals surface area contributed by atoms with Gasteiger partial charge < -0.3 is 0 Å². The molecule has 0 aliphatic carbocycles. The fourth-order valence-electron chi connectivity index (χ4n) is 3.18. The number of unbranched alkanes of at least 4 members (excludes halogenated alkanes) is 1. The highest BCUT2D eigenvalue weighted by Crippen LogP contribution is 2.32. The van der Waals surface area contributed by atoms with E-state index in [0.29, 0.717) is 11.7 Å². The van der Waals surface area contributed by atoms with Crippen LogP contribution in [-0.4, -0.2) is 27.4 Å². The van der Waals surface area contributed by atoms with Crippen LogP contribution in [-0.2, 0) is 11.3 Å². The van der Waals surface area contributed by atoms with Gasteiger partial charge in [-0.2, -0.15) is 5.10 Å². The zero-order valence-corrected chi connectivity index (χ0v) is 17.6. The number of amidine groups is 1. The van der Waals surface area contributed by atoms with Gasteiger partial charge >= 0.3 is 0 Å². The Morgan fingerprint density at radius 2 is 1.93 bits per heavy atom. The highest BCUT2D eigenvalue weighted by molar-refractivity contribution is 8.15. The molecule has 0 bridgehead atoms. The molecule has 0 aromatic heterocycles. The molecule has 4 nitrogen and oxygen atoms in total. The lowest BCUT2D eigenvalue weighted by molar-refractivity contribution is -0.126. The van der Waals surface area contributed by atoms with E-state index in [9.17, 15) is 4.79 Å². The van der Waals surface area contributed by atoms with Crippen molar-refractivity contribution >= 4 is 29.1 Å². The maximum atomic E-state index is 12.9. The summed E-state index contributed by atoms with van der Waals surface area (Å²) in [6.07, 6.45) is 4.78. The van der Waals surface area contributed by atoms with E-state index in [4.69, 9.17) is 0 Å². The number of rotatable bonds is 7. The van der Waals surface area contributed by atoms with Crippen molar-refractivity contribution in [3.05, 3.63) is 70.8 Å². The van der Waals surface area contributed by atoms with Gasteiger partial charge in [0.2, 0.25) is 5.91 Å². The van der Waals surface area contributed by atoms with Gasteiger partial charge in [-0.25, -0.2) is 0 Å². The maximum Gasteiger partial charge on any atom is 0.242 e. The van der Waals surface area contributed by atoms with Crippen molar-refractivity contribution in [3.8, 4) is 0 Å². The Kier molecular flexibility index (Phi) is 7.04. The Labute approximate surface area is 171 Å². The lowest BCUT2D eigenvalue weighted by Gasteiger charge is -2.15. The van der Waals surface area contributed by atoms with Gasteiger partial charge in [0.1, 0.15) is 0 Å². The van der Waals surface area contributed by atoms with Crippen molar-refractivity contribution in [2.45, 2.75) is 51.8 Å². The molecule has 1 atom stereocenters. The molecule has 0 N–H and O–H groups in total. The Morgan fingerprint density at radius 1 is 1.14 bits per heavy atom. The lowest BCUT2D eigenvalue weighted by Crippen LogP contribution is -2.31. The molecule has 2 aromatic carbocycles. The van der Waals surface area contributed by atoms with E-state index in [2.05, 4.69) is 43.1 Å². The first-order chi connectivity index (χ1) is 13.6. The number of hydrogen-bond acceptors (Lipinski definition) is 4. The minimum atomic E-state index is -0.0567. The fraction of sp³-hybridized carbons (Fsp3) is 0.348. The number of benzene rings is 2. The average molecular weight is 394 g/mol. The smallest absolute Gasteiger partial charge is 0.242 e. The first-order valence-corrected chi connectivity index (χ1v) is 10.7. The predicted octanol–water partition coefficient (Wildman–Crippen LogP) is 5.33. The first-order valence-electron chi connectivity index (χ1n) is 9.78. The molecule has 1 fully saturated rings. The van der Waals surface area contributed by atoms with Crippen LogP contribution in [0.2, 0.25) is 0 Å². The van der Waals surface area contributed by atoms with Crippen LogP contribution in [0.4, 0.5) is 0 Å². The van der Waals surface area contributed by atoms with Crippen molar-refractivity contribution in [3.63, 3.8) is 0 Å². The Hall–Kier alpha value is -2.40. The van der Waals surface area contributed by atoms with E-state index in [0.717, 1.165) is 30.4 Å². The van der Waals surface area contributed by atoms with Gasteiger partial charge in [-0.15, -0.1) is 5.10 Å². The summed E-state index contributed by atoms with van der Waals surface area (Å²) >= 11 is 1.54. The second-order valence-corrected chi connectivity index (χ2v) is 8.32. The van der Waals surface area contributed by atoms with E-state index in [1.807, 2.05) is 36.4 Å². The van der Waals surface area contributed by atoms with Gasteiger partial charge in [0.25, 0.3) is 0 Å². The molecule has 146 valence electrons. The van der Waals surface area contributed by atoms with Gasteiger partial charge in [-0.3, -0.25) is 9.69 Å². The summed E-state index contributed by atoms with van der Waals surface area (Å²) in [6, 6.07) is 16.3. The zero-order valence-electron chi connectivity index (χ0n) is 16.8. The minimum absolute atomic E-state index is 0.0567. The SMILES string of the molecule is CCCCC1S/C(=N\N=C\c2ccc(C)cc2C)N(Cc2ccccc2)C1=O. The molecule has 2 aromatic rings. The summed E-state index contributed by atoms with van der Waals surface area (Å²) in [5, 5.41) is 9.36. The normalized spacial score (nSPS) is 18.5. The Balaban J connectivity index is 1.80. The summed E-state index contributed by atoms with van der Waals surface area (Å²) in [5.74, 6) is 0.141. The number of thioether (sulfide) groups is 1. The second-order valence-electron chi connectivity index (χ2n) is 7.15. The molecule has 0 saturated carbocycles. The van der Waals surface area contributed by atoms with Crippen LogP contribution >= 0.6 is 11.8 Å². The minimum Gasteiger partial charge on any atom is -0.284 e. The molecule has 3 rings (SSSR count). The maximum absolute atomic E-state index is 12.9. The van der Waals surface area contributed by atoms with Crippen LogP contribution in [0.1, 0.15) is 48.4 Å². The van der Waals surface area contributed by atoms with E-state index < -0.39 is 0 Å². The number of amides is 1. The molecule has 0 spiro atoms. The molecular weight excluding hydrogens is 366 g/mol. The highest BCUT2D eigenvalue weighted by atomic mass is 32.2. The van der Waals surface area contributed by atoms with E-state index in [1.165, 1.54) is 11.1 Å². The zero-order chi connectivity index (χ0) is 19.9. The predicted molar refractivity (Wildman–Crippen MR) is 119 cm³/mol. The topological polar surface area (TPSA) is 45.0 Å². The van der Waals surface area contributed by atoms with Crippen molar-refractivity contribution < 1.29 is 4.79 Å². The third kappa shape index (κ3) is 5.10. The third-order valence-electron chi connectivity index (χ3n) is 4.79. The summed E-state index contributed by atoms with van der Waals surface area (Å²) in [6.45, 7) is 6.83. The largest absolute Gasteiger partial charge is 0.284 e. The molecular formula is C23H27N3OS. The van der Waals surface area contributed by atoms with Crippen molar-refractivity contribution in [1.82, 2.24) is 4.90 Å². The standard InChI is InChI=1S/C23H27N3OS/c1-4-5-11-21-22(27)26(16-19-9-7-6-8-10-19)23(28-21)25-24-15-20-13-12-17(2)14-18(20)3/h6-10,12-15,21H,4-5,11,16H2,1-3H3/b24-15+,25-23-. The van der Waals surface area contributed by atoms with Crippen LogP contribution in [0.3, 0.4) is 0 Å². The third-order valence-corrected chi connectivity index (χ3v) is 6.02. The quantitative estimate of drug-likeness (QED) is 0.471. The Bertz CT molecular complexity index is 877. The van der Waals surface area contributed by atoms with Gasteiger partial charge in [0.05, 0.1) is 18.0 Å². The molecule has 1 heterocycles. The molecule has 1 saturated heterocycles. The summed E-state index contributed by atoms with van der Waals surface area (Å²) < 4.78 is 0. The number of hydrogen-bond donors (Lipinski definition) is 0. The molecule has 1 unspecified atom stereocenters. The molecule has 1 aliphatic rings. The van der Waals surface area contributed by atoms with E-state index in [1.54, 1.807) is 22.9 Å². The molecule has 0 radical (unpaired) electrons. The van der Waals surface area contributed by atoms with E-state index in [-0.39, 0.29) is 11.2 Å². The van der Waals surface area contributed by atoms with E-state index >= 15 is 0 Å². The van der Waals surface area contributed by atoms with Crippen LogP contribution in [0.25, 0.3) is 0 Å². The first kappa shape index (κ1) is 20.3. The summed E-state index contributed by atoms with van der Waals surface area (Å²) in [5.41, 5.74) is 4.53. The van der Waals surface area contributed by atoms with Crippen molar-refractivity contribution in [2.24, 2.45) is 10.2 Å². The number of carbonyl (C=O) groups is 1. The average Bonchev–Trinajstić information content (AvgIpc) is 2.98. The lowest BCUT2D eigenvalue weighted by atomic mass is 10.1. The highest BCUT2D eigenvalue weighted by Gasteiger charge is 2.37. The molecule has 1 aliphatic heterocycles. The summed E-state index contributed by atoms with van der Waals surface area (Å²) in [4.78, 5) is 14.7. The molecule has 1 amide bonds. The monoisotopic (exact) mass is 393 g/mol. The number of nitrogens with zero attached hydrogens (tertiary/aromatic N) is 3. The molecule has 5 heteroatoms. The van der Waals surface area contributed by atoms with Gasteiger partial charge in [0.15, 0.2) is 5.17 Å². The number of carbonyl (C=O) groups excluding carboxylic acids is 1. The van der Waals surface area contributed by atoms with Crippen LogP contribution < -0.4 is 0 Å². The van der Waals surface area contributed by atoms with Gasteiger partial charge in [-0.1, -0.05) is 85.6 Å². The van der Waals surface area contributed by atoms with Crippen molar-refractivity contribution in [2.75, 3.05) is 0 Å². The van der Waals surface area contributed by atoms with Gasteiger partial charge in [-0.05, 0) is 37.0 Å². The Morgan fingerprint density at radius 3 is 2.64 bits per heavy atom. The van der Waals surface area contributed by atoms with Crippen molar-refractivity contribution in [1.29, 1.82) is 0 Å². The number of aryl methyl sites for hydroxylation is 2. The van der Waals surface area contributed by atoms with Crippen LogP contribution in [0, 0.1) is 13.8 Å². The molecule has 28 heavy (non-hydrogen) atoms.